The molecule has 7 nitrogen and oxygen atoms in total. The summed E-state index contributed by atoms with van der Waals surface area (Å²) in [5.74, 6) is 1.95. The molecule has 0 atom stereocenters. The lowest BCUT2D eigenvalue weighted by Gasteiger charge is -2.20. The Hall–Kier alpha value is -3.17. The van der Waals surface area contributed by atoms with Crippen LogP contribution in [0.1, 0.15) is 18.2 Å². The van der Waals surface area contributed by atoms with Crippen molar-refractivity contribution in [1.82, 2.24) is 19.7 Å². The smallest absolute Gasteiger partial charge is 0.230 e. The van der Waals surface area contributed by atoms with E-state index in [-0.39, 0.29) is 5.91 Å². The Balaban J connectivity index is 1.53. The van der Waals surface area contributed by atoms with E-state index in [2.05, 4.69) is 29.3 Å². The van der Waals surface area contributed by atoms with Gasteiger partial charge in [0.15, 0.2) is 16.1 Å². The highest BCUT2D eigenvalue weighted by molar-refractivity contribution is 7.98. The van der Waals surface area contributed by atoms with Crippen LogP contribution in [0.15, 0.2) is 59.1 Å². The number of nitrogens with zero attached hydrogens (tertiary/aromatic N) is 5. The van der Waals surface area contributed by atoms with E-state index in [0.29, 0.717) is 22.3 Å². The molecule has 2 aromatic carbocycles. The van der Waals surface area contributed by atoms with Crippen LogP contribution in [-0.4, -0.2) is 32.8 Å². The number of anilines is 2. The monoisotopic (exact) mass is 465 g/mol. The first-order chi connectivity index (χ1) is 15.5. The van der Waals surface area contributed by atoms with E-state index in [9.17, 15) is 4.79 Å². The largest absolute Gasteiger partial charge is 0.495 e. The second-order valence-electron chi connectivity index (χ2n) is 7.12. The number of aromatic nitrogens is 4. The number of hydrogen-bond acceptors (Lipinski definition) is 7. The van der Waals surface area contributed by atoms with E-state index >= 15 is 0 Å². The lowest BCUT2D eigenvalue weighted by Crippen LogP contribution is -2.23. The zero-order valence-electron chi connectivity index (χ0n) is 18.3. The maximum absolute atomic E-state index is 12.4. The molecule has 9 heteroatoms. The van der Waals surface area contributed by atoms with Gasteiger partial charge in [-0.3, -0.25) is 9.69 Å². The van der Waals surface area contributed by atoms with Crippen LogP contribution in [0.25, 0.3) is 11.4 Å². The molecule has 164 valence electrons. The molecule has 4 aromatic rings. The van der Waals surface area contributed by atoms with Gasteiger partial charge >= 0.3 is 0 Å². The third-order valence-electron chi connectivity index (χ3n) is 4.94. The van der Waals surface area contributed by atoms with Crippen molar-refractivity contribution in [1.29, 1.82) is 0 Å². The summed E-state index contributed by atoms with van der Waals surface area (Å²) in [7, 11) is 3.56. The number of methoxy groups -OCH3 is 1. The van der Waals surface area contributed by atoms with Gasteiger partial charge in [-0.05, 0) is 24.6 Å². The lowest BCUT2D eigenvalue weighted by atomic mass is 10.1. The molecule has 0 aliphatic carbocycles. The van der Waals surface area contributed by atoms with Crippen molar-refractivity contribution >= 4 is 39.8 Å². The molecule has 0 aliphatic heterocycles. The summed E-state index contributed by atoms with van der Waals surface area (Å²) in [6.07, 6.45) is 0. The van der Waals surface area contributed by atoms with E-state index in [1.54, 1.807) is 23.8 Å². The van der Waals surface area contributed by atoms with Crippen LogP contribution in [0.5, 0.6) is 5.75 Å². The van der Waals surface area contributed by atoms with Gasteiger partial charge < -0.3 is 9.30 Å². The van der Waals surface area contributed by atoms with Crippen LogP contribution in [0.4, 0.5) is 10.8 Å². The standard InChI is InChI=1S/C23H23N5O2S2/c1-15-9-5-6-10-18(15)21-25-26-23(27(21)3)32-14-17-13-31-22(24-17)28(16(2)29)19-11-7-8-12-20(19)30-4/h5-13H,14H2,1-4H3. The van der Waals surface area contributed by atoms with Gasteiger partial charge in [0.1, 0.15) is 5.75 Å². The maximum Gasteiger partial charge on any atom is 0.230 e. The molecule has 4 rings (SSSR count). The number of benzene rings is 2. The van der Waals surface area contributed by atoms with E-state index in [0.717, 1.165) is 27.8 Å². The lowest BCUT2D eigenvalue weighted by molar-refractivity contribution is -0.115. The second-order valence-corrected chi connectivity index (χ2v) is 8.90. The van der Waals surface area contributed by atoms with Gasteiger partial charge in [0, 0.05) is 30.7 Å². The molecule has 2 aromatic heterocycles. The molecular weight excluding hydrogens is 442 g/mol. The summed E-state index contributed by atoms with van der Waals surface area (Å²) in [6.45, 7) is 3.59. The fourth-order valence-corrected chi connectivity index (χ4v) is 5.11. The number of hydrogen-bond donors (Lipinski definition) is 0. The average molecular weight is 466 g/mol. The SMILES string of the molecule is COc1ccccc1N(C(C)=O)c1nc(CSc2nnc(-c3ccccc3C)n2C)cs1. The number of rotatable bonds is 7. The fourth-order valence-electron chi connectivity index (χ4n) is 3.32. The first-order valence-electron chi connectivity index (χ1n) is 9.96. The first kappa shape index (κ1) is 22.0. The van der Waals surface area contributed by atoms with Crippen LogP contribution in [0.3, 0.4) is 0 Å². The number of carbonyl (C=O) groups is 1. The normalized spacial score (nSPS) is 10.9. The van der Waals surface area contributed by atoms with Gasteiger partial charge in [-0.1, -0.05) is 48.2 Å². The predicted octanol–water partition coefficient (Wildman–Crippen LogP) is 5.23. The molecule has 0 saturated heterocycles. The quantitative estimate of drug-likeness (QED) is 0.348. The Morgan fingerprint density at radius 2 is 1.91 bits per heavy atom. The summed E-state index contributed by atoms with van der Waals surface area (Å²) in [6, 6.07) is 15.6. The van der Waals surface area contributed by atoms with Crippen molar-refractivity contribution in [3.05, 3.63) is 65.2 Å². The van der Waals surface area contributed by atoms with E-state index in [1.807, 2.05) is 53.4 Å². The topological polar surface area (TPSA) is 73.1 Å². The predicted molar refractivity (Wildman–Crippen MR) is 129 cm³/mol. The van der Waals surface area contributed by atoms with Crippen molar-refractivity contribution in [3.63, 3.8) is 0 Å². The Morgan fingerprint density at radius 1 is 1.16 bits per heavy atom. The molecular formula is C23H23N5O2S2. The first-order valence-corrected chi connectivity index (χ1v) is 11.8. The molecule has 0 radical (unpaired) electrons. The fraction of sp³-hybridized carbons (Fsp3) is 0.217. The van der Waals surface area contributed by atoms with Crippen molar-refractivity contribution in [3.8, 4) is 17.1 Å². The minimum absolute atomic E-state index is 0.126. The number of ether oxygens (including phenoxy) is 1. The minimum Gasteiger partial charge on any atom is -0.495 e. The zero-order valence-corrected chi connectivity index (χ0v) is 19.9. The molecule has 0 aliphatic rings. The summed E-state index contributed by atoms with van der Waals surface area (Å²) in [5, 5.41) is 12.1. The van der Waals surface area contributed by atoms with E-state index < -0.39 is 0 Å². The van der Waals surface area contributed by atoms with Crippen molar-refractivity contribution in [2.24, 2.45) is 7.05 Å². The summed E-state index contributed by atoms with van der Waals surface area (Å²) < 4.78 is 7.43. The van der Waals surface area contributed by atoms with Gasteiger partial charge in [0.05, 0.1) is 18.5 Å². The number of amides is 1. The molecule has 0 saturated carbocycles. The van der Waals surface area contributed by atoms with Crippen molar-refractivity contribution < 1.29 is 9.53 Å². The van der Waals surface area contributed by atoms with Crippen LogP contribution in [-0.2, 0) is 17.6 Å². The molecule has 0 spiro atoms. The molecule has 0 N–H and O–H groups in total. The van der Waals surface area contributed by atoms with Crippen LogP contribution in [0.2, 0.25) is 0 Å². The third kappa shape index (κ3) is 4.39. The molecule has 0 unspecified atom stereocenters. The van der Waals surface area contributed by atoms with Crippen molar-refractivity contribution in [2.45, 2.75) is 24.8 Å². The van der Waals surface area contributed by atoms with Crippen LogP contribution < -0.4 is 9.64 Å². The molecule has 0 bridgehead atoms. The Morgan fingerprint density at radius 3 is 2.66 bits per heavy atom. The van der Waals surface area contributed by atoms with Crippen LogP contribution in [0, 0.1) is 6.92 Å². The van der Waals surface area contributed by atoms with Gasteiger partial charge in [0.25, 0.3) is 0 Å². The summed E-state index contributed by atoms with van der Waals surface area (Å²) in [4.78, 5) is 18.7. The zero-order chi connectivity index (χ0) is 22.7. The Kier molecular flexibility index (Phi) is 6.57. The van der Waals surface area contributed by atoms with E-state index in [4.69, 9.17) is 9.72 Å². The molecule has 0 fully saturated rings. The number of thioether (sulfide) groups is 1. The number of carbonyl (C=O) groups excluding carboxylic acids is 1. The highest BCUT2D eigenvalue weighted by Gasteiger charge is 2.21. The highest BCUT2D eigenvalue weighted by Crippen LogP contribution is 2.36. The average Bonchev–Trinajstić information content (AvgIpc) is 3.39. The third-order valence-corrected chi connectivity index (χ3v) is 6.87. The van der Waals surface area contributed by atoms with Crippen LogP contribution >= 0.6 is 23.1 Å². The molecule has 2 heterocycles. The Labute approximate surface area is 195 Å². The molecule has 32 heavy (non-hydrogen) atoms. The highest BCUT2D eigenvalue weighted by atomic mass is 32.2. The number of aryl methyl sites for hydroxylation is 1. The number of para-hydroxylation sites is 2. The molecule has 1 amide bonds. The van der Waals surface area contributed by atoms with Gasteiger partial charge in [-0.25, -0.2) is 4.98 Å². The van der Waals surface area contributed by atoms with Gasteiger partial charge in [-0.15, -0.1) is 21.5 Å². The van der Waals surface area contributed by atoms with Crippen molar-refractivity contribution in [2.75, 3.05) is 12.0 Å². The summed E-state index contributed by atoms with van der Waals surface area (Å²) in [5.41, 5.74) is 3.77. The number of thiazole rings is 1. The Bertz CT molecular complexity index is 1250. The maximum atomic E-state index is 12.4. The minimum atomic E-state index is -0.126. The van der Waals surface area contributed by atoms with Gasteiger partial charge in [-0.2, -0.15) is 0 Å². The van der Waals surface area contributed by atoms with Gasteiger partial charge in [0.2, 0.25) is 5.91 Å². The second kappa shape index (κ2) is 9.54. The van der Waals surface area contributed by atoms with E-state index in [1.165, 1.54) is 18.3 Å². The summed E-state index contributed by atoms with van der Waals surface area (Å²) >= 11 is 2.99.